The van der Waals surface area contributed by atoms with Crippen LogP contribution in [0.3, 0.4) is 0 Å². The first kappa shape index (κ1) is 22.6. The maximum absolute atomic E-state index is 13.9. The molecule has 0 bridgehead atoms. The Morgan fingerprint density at radius 2 is 1.65 bits per heavy atom. The van der Waals surface area contributed by atoms with Crippen molar-refractivity contribution in [1.82, 2.24) is 0 Å². The average Bonchev–Trinajstić information content (AvgIpc) is 3.19. The molecule has 2 aromatic rings. The van der Waals surface area contributed by atoms with Crippen molar-refractivity contribution in [3.05, 3.63) is 42.0 Å². The van der Waals surface area contributed by atoms with E-state index in [1.54, 1.807) is 7.11 Å². The number of hydrogen-bond donors (Lipinski definition) is 1. The van der Waals surface area contributed by atoms with Gasteiger partial charge in [0.25, 0.3) is 0 Å². The highest BCUT2D eigenvalue weighted by molar-refractivity contribution is 6.02. The number of aliphatic hydroxyl groups is 1. The molecule has 0 aliphatic heterocycles. The highest BCUT2D eigenvalue weighted by atomic mass is 16.5. The first-order valence-electron chi connectivity index (χ1n) is 13.6. The van der Waals surface area contributed by atoms with Crippen LogP contribution < -0.4 is 4.74 Å². The molecule has 0 heterocycles. The number of hydrogen-bond acceptors (Lipinski definition) is 3. The van der Waals surface area contributed by atoms with Crippen LogP contribution in [-0.2, 0) is 0 Å². The molecule has 0 spiro atoms. The van der Waals surface area contributed by atoms with Crippen molar-refractivity contribution in [2.45, 2.75) is 77.2 Å². The second kappa shape index (κ2) is 8.08. The maximum atomic E-state index is 13.9. The van der Waals surface area contributed by atoms with Crippen LogP contribution in [0.4, 0.5) is 0 Å². The molecule has 3 nitrogen and oxygen atoms in total. The third-order valence-corrected chi connectivity index (χ3v) is 10.9. The SMILES string of the molecule is COc1ccc2cc(C(=O)[C@H]3CC[C@H]4[C@@H]5CC[C@@H]6C[C@](C)(O)CC[C@@H]6[C@H]5CC[C@]34C)ccc2c1. The minimum Gasteiger partial charge on any atom is -0.497 e. The standard InChI is InChI=1S/C31H40O3/c1-30(33)14-12-24-22(18-30)7-9-26-25(24)13-15-31(2)27(26)10-11-28(31)29(32)21-5-4-20-17-23(34-3)8-6-19(20)16-21/h4-6,8,16-17,22,24-28,33H,7,9-15,18H2,1-3H3/t22-,24+,25-,26-,27+,28-,30-,31+/m1/s1. The summed E-state index contributed by atoms with van der Waals surface area (Å²) >= 11 is 0. The Morgan fingerprint density at radius 1 is 0.882 bits per heavy atom. The molecular weight excluding hydrogens is 420 g/mol. The van der Waals surface area contributed by atoms with Crippen molar-refractivity contribution in [3.8, 4) is 5.75 Å². The minimum absolute atomic E-state index is 0.139. The molecular formula is C31H40O3. The van der Waals surface area contributed by atoms with Gasteiger partial charge in [0.1, 0.15) is 5.75 Å². The molecule has 0 aromatic heterocycles. The Hall–Kier alpha value is -1.87. The Morgan fingerprint density at radius 3 is 2.47 bits per heavy atom. The van der Waals surface area contributed by atoms with E-state index < -0.39 is 5.60 Å². The van der Waals surface area contributed by atoms with E-state index in [0.29, 0.717) is 17.6 Å². The summed E-state index contributed by atoms with van der Waals surface area (Å²) in [4.78, 5) is 13.9. The van der Waals surface area contributed by atoms with Crippen molar-refractivity contribution in [3.63, 3.8) is 0 Å². The topological polar surface area (TPSA) is 46.5 Å². The molecule has 34 heavy (non-hydrogen) atoms. The van der Waals surface area contributed by atoms with Gasteiger partial charge in [-0.25, -0.2) is 0 Å². The van der Waals surface area contributed by atoms with E-state index in [2.05, 4.69) is 25.1 Å². The summed E-state index contributed by atoms with van der Waals surface area (Å²) < 4.78 is 5.36. The van der Waals surface area contributed by atoms with Crippen molar-refractivity contribution < 1.29 is 14.6 Å². The molecule has 0 radical (unpaired) electrons. The van der Waals surface area contributed by atoms with Crippen LogP contribution in [-0.4, -0.2) is 23.6 Å². The lowest BCUT2D eigenvalue weighted by Crippen LogP contribution is -2.51. The Balaban J connectivity index is 1.23. The molecule has 4 fully saturated rings. The van der Waals surface area contributed by atoms with Crippen molar-refractivity contribution in [2.75, 3.05) is 7.11 Å². The molecule has 0 saturated heterocycles. The van der Waals surface area contributed by atoms with E-state index in [4.69, 9.17) is 4.74 Å². The zero-order chi connectivity index (χ0) is 23.7. The number of carbonyl (C=O) groups is 1. The van der Waals surface area contributed by atoms with Crippen LogP contribution >= 0.6 is 0 Å². The second-order valence-electron chi connectivity index (χ2n) is 12.6. The third-order valence-electron chi connectivity index (χ3n) is 10.9. The van der Waals surface area contributed by atoms with Crippen LogP contribution in [0.1, 0.15) is 82.0 Å². The van der Waals surface area contributed by atoms with E-state index >= 15 is 0 Å². The number of Topliss-reactive ketones (excluding diaryl/α,β-unsaturated/α-hetero) is 1. The van der Waals surface area contributed by atoms with Gasteiger partial charge < -0.3 is 9.84 Å². The fourth-order valence-corrected chi connectivity index (χ4v) is 9.22. The first-order chi connectivity index (χ1) is 16.3. The van der Waals surface area contributed by atoms with E-state index in [1.807, 2.05) is 25.1 Å². The van der Waals surface area contributed by atoms with Crippen molar-refractivity contribution in [1.29, 1.82) is 0 Å². The fourth-order valence-electron chi connectivity index (χ4n) is 9.22. The molecule has 2 aromatic carbocycles. The van der Waals surface area contributed by atoms with Gasteiger partial charge in [0.15, 0.2) is 5.78 Å². The van der Waals surface area contributed by atoms with Gasteiger partial charge in [-0.2, -0.15) is 0 Å². The number of ketones is 1. The molecule has 3 heteroatoms. The molecule has 0 unspecified atom stereocenters. The van der Waals surface area contributed by atoms with E-state index in [-0.39, 0.29) is 11.3 Å². The normalized spacial score (nSPS) is 41.4. The van der Waals surface area contributed by atoms with Gasteiger partial charge in [0.2, 0.25) is 0 Å². The lowest BCUT2D eigenvalue weighted by molar-refractivity contribution is -0.0976. The van der Waals surface area contributed by atoms with Gasteiger partial charge in [-0.3, -0.25) is 4.79 Å². The maximum Gasteiger partial charge on any atom is 0.166 e. The quantitative estimate of drug-likeness (QED) is 0.499. The minimum atomic E-state index is -0.451. The molecule has 6 rings (SSSR count). The Labute approximate surface area is 204 Å². The van der Waals surface area contributed by atoms with Gasteiger partial charge >= 0.3 is 0 Å². The lowest BCUT2D eigenvalue weighted by atomic mass is 9.49. The number of carbonyl (C=O) groups excluding carboxylic acids is 1. The average molecular weight is 461 g/mol. The van der Waals surface area contributed by atoms with Crippen LogP contribution in [0, 0.1) is 40.9 Å². The third kappa shape index (κ3) is 3.53. The number of benzene rings is 2. The molecule has 4 aliphatic carbocycles. The van der Waals surface area contributed by atoms with Gasteiger partial charge in [-0.05, 0) is 129 Å². The van der Waals surface area contributed by atoms with Gasteiger partial charge in [-0.15, -0.1) is 0 Å². The summed E-state index contributed by atoms with van der Waals surface area (Å²) in [5, 5.41) is 12.9. The van der Waals surface area contributed by atoms with Crippen LogP contribution in [0.5, 0.6) is 5.75 Å². The van der Waals surface area contributed by atoms with Crippen molar-refractivity contribution >= 4 is 16.6 Å². The molecule has 1 N–H and O–H groups in total. The fraction of sp³-hybridized carbons (Fsp3) is 0.645. The van der Waals surface area contributed by atoms with Gasteiger partial charge in [0.05, 0.1) is 12.7 Å². The molecule has 8 atom stereocenters. The van der Waals surface area contributed by atoms with E-state index in [0.717, 1.165) is 59.1 Å². The number of rotatable bonds is 3. The summed E-state index contributed by atoms with van der Waals surface area (Å²) in [7, 11) is 1.69. The summed E-state index contributed by atoms with van der Waals surface area (Å²) in [5.74, 6) is 5.17. The summed E-state index contributed by atoms with van der Waals surface area (Å²) in [6, 6.07) is 12.3. The Kier molecular flexibility index (Phi) is 5.37. The highest BCUT2D eigenvalue weighted by Gasteiger charge is 2.58. The van der Waals surface area contributed by atoms with Gasteiger partial charge in [0, 0.05) is 11.5 Å². The van der Waals surface area contributed by atoms with Crippen LogP contribution in [0.2, 0.25) is 0 Å². The number of fused-ring (bicyclic) bond motifs is 6. The van der Waals surface area contributed by atoms with E-state index in [9.17, 15) is 9.90 Å². The first-order valence-corrected chi connectivity index (χ1v) is 13.6. The smallest absolute Gasteiger partial charge is 0.166 e. The predicted molar refractivity (Wildman–Crippen MR) is 136 cm³/mol. The second-order valence-corrected chi connectivity index (χ2v) is 12.6. The van der Waals surface area contributed by atoms with Crippen LogP contribution in [0.25, 0.3) is 10.8 Å². The van der Waals surface area contributed by atoms with Crippen molar-refractivity contribution in [2.24, 2.45) is 40.9 Å². The van der Waals surface area contributed by atoms with Gasteiger partial charge in [-0.1, -0.05) is 25.1 Å². The van der Waals surface area contributed by atoms with Crippen LogP contribution in [0.15, 0.2) is 36.4 Å². The lowest BCUT2D eigenvalue weighted by Gasteiger charge is -2.56. The molecule has 182 valence electrons. The zero-order valence-electron chi connectivity index (χ0n) is 21.1. The largest absolute Gasteiger partial charge is 0.497 e. The molecule has 4 saturated carbocycles. The van der Waals surface area contributed by atoms with E-state index in [1.165, 1.54) is 38.5 Å². The summed E-state index contributed by atoms with van der Waals surface area (Å²) in [6.07, 6.45) is 10.5. The monoisotopic (exact) mass is 460 g/mol. The predicted octanol–water partition coefficient (Wildman–Crippen LogP) is 7.05. The summed E-state index contributed by atoms with van der Waals surface area (Å²) in [5.41, 5.74) is 0.567. The Bertz CT molecular complexity index is 1100. The zero-order valence-corrected chi connectivity index (χ0v) is 21.1. The molecule has 4 aliphatic rings. The number of ether oxygens (including phenoxy) is 1. The summed E-state index contributed by atoms with van der Waals surface area (Å²) in [6.45, 7) is 4.50. The highest BCUT2D eigenvalue weighted by Crippen LogP contribution is 2.65. The molecule has 0 amide bonds. The number of methoxy groups -OCH3 is 1.